The quantitative estimate of drug-likeness (QED) is 0.802. The summed E-state index contributed by atoms with van der Waals surface area (Å²) in [4.78, 5) is 9.38. The molecule has 0 N–H and O–H groups in total. The van der Waals surface area contributed by atoms with E-state index in [0.29, 0.717) is 11.5 Å². The van der Waals surface area contributed by atoms with Crippen molar-refractivity contribution in [2.45, 2.75) is 44.2 Å². The van der Waals surface area contributed by atoms with Crippen LogP contribution >= 0.6 is 0 Å². The first-order chi connectivity index (χ1) is 11.7. The Balaban J connectivity index is 1.23. The Morgan fingerprint density at radius 1 is 1.17 bits per heavy atom. The zero-order valence-electron chi connectivity index (χ0n) is 15.0. The summed E-state index contributed by atoms with van der Waals surface area (Å²) < 4.78 is 6.01. The second-order valence-electron chi connectivity index (χ2n) is 8.34. The van der Waals surface area contributed by atoms with Gasteiger partial charge in [-0.25, -0.2) is 0 Å². The Morgan fingerprint density at radius 2 is 1.96 bits per heavy atom. The number of likely N-dealkylation sites (tertiary alicyclic amines) is 2. The highest BCUT2D eigenvalue weighted by atomic mass is 16.5. The molecule has 3 heterocycles. The predicted octanol–water partition coefficient (Wildman–Crippen LogP) is 2.79. The molecule has 1 saturated carbocycles. The average molecular weight is 329 g/mol. The van der Waals surface area contributed by atoms with Crippen LogP contribution in [-0.4, -0.2) is 60.2 Å². The van der Waals surface area contributed by atoms with E-state index in [0.717, 1.165) is 19.1 Å². The molecule has 2 aliphatic heterocycles. The monoisotopic (exact) mass is 329 g/mol. The molecule has 2 saturated heterocycles. The summed E-state index contributed by atoms with van der Waals surface area (Å²) in [5.74, 6) is 1.71. The average Bonchev–Trinajstić information content (AvgIpc) is 2.52. The van der Waals surface area contributed by atoms with Crippen LogP contribution in [0.1, 0.15) is 37.7 Å². The Bertz CT molecular complexity index is 525. The Hall–Kier alpha value is -0.970. The van der Waals surface area contributed by atoms with E-state index in [1.54, 1.807) is 0 Å². The van der Waals surface area contributed by atoms with Gasteiger partial charge in [-0.3, -0.25) is 14.8 Å². The van der Waals surface area contributed by atoms with Crippen molar-refractivity contribution in [1.82, 2.24) is 14.8 Å². The smallest absolute Gasteiger partial charge is 0.0718 e. The van der Waals surface area contributed by atoms with Crippen molar-refractivity contribution < 1.29 is 4.74 Å². The molecule has 0 bridgehead atoms. The second kappa shape index (κ2) is 7.11. The van der Waals surface area contributed by atoms with Gasteiger partial charge in [0.15, 0.2) is 0 Å². The molecule has 0 radical (unpaired) electrons. The Labute approximate surface area is 146 Å². The topological polar surface area (TPSA) is 28.6 Å². The molecular formula is C20H31N3O. The number of rotatable bonds is 6. The van der Waals surface area contributed by atoms with Gasteiger partial charge in [0, 0.05) is 44.2 Å². The van der Waals surface area contributed by atoms with E-state index in [4.69, 9.17) is 4.74 Å². The van der Waals surface area contributed by atoms with Crippen LogP contribution in [0.25, 0.3) is 0 Å². The van der Waals surface area contributed by atoms with Crippen LogP contribution < -0.4 is 0 Å². The van der Waals surface area contributed by atoms with Gasteiger partial charge in [-0.05, 0) is 68.8 Å². The summed E-state index contributed by atoms with van der Waals surface area (Å²) >= 11 is 0. The van der Waals surface area contributed by atoms with Crippen LogP contribution in [0.3, 0.4) is 0 Å². The highest BCUT2D eigenvalue weighted by molar-refractivity contribution is 5.08. The molecule has 3 aliphatic rings. The number of pyridine rings is 1. The first-order valence-electron chi connectivity index (χ1n) is 9.64. The van der Waals surface area contributed by atoms with E-state index in [1.165, 1.54) is 63.8 Å². The molecule has 1 aliphatic carbocycles. The molecule has 4 nitrogen and oxygen atoms in total. The third-order valence-corrected chi connectivity index (χ3v) is 6.50. The number of ether oxygens (including phenoxy) is 1. The number of piperidine rings is 1. The summed E-state index contributed by atoms with van der Waals surface area (Å²) in [6, 6.07) is 4.08. The minimum Gasteiger partial charge on any atom is -0.376 e. The van der Waals surface area contributed by atoms with E-state index < -0.39 is 0 Å². The fourth-order valence-electron chi connectivity index (χ4n) is 4.70. The zero-order valence-corrected chi connectivity index (χ0v) is 15.0. The number of likely N-dealkylation sites (N-methyl/N-ethyl adjacent to an activating group) is 1. The molecule has 1 aromatic heterocycles. The maximum absolute atomic E-state index is 6.01. The lowest BCUT2D eigenvalue weighted by Crippen LogP contribution is -2.72. The van der Waals surface area contributed by atoms with Crippen molar-refractivity contribution in [2.24, 2.45) is 11.8 Å². The molecule has 0 unspecified atom stereocenters. The first-order valence-corrected chi connectivity index (χ1v) is 9.64. The van der Waals surface area contributed by atoms with E-state index >= 15 is 0 Å². The van der Waals surface area contributed by atoms with Crippen molar-refractivity contribution >= 4 is 0 Å². The summed E-state index contributed by atoms with van der Waals surface area (Å²) in [5, 5.41) is 0. The molecule has 1 atom stereocenters. The van der Waals surface area contributed by atoms with Crippen LogP contribution in [0.5, 0.6) is 0 Å². The minimum absolute atomic E-state index is 0.437. The Morgan fingerprint density at radius 3 is 2.67 bits per heavy atom. The molecule has 3 fully saturated rings. The SMILES string of the molecule is CN1CC[C@H](COCc2ccncc2)CC12CN(CC1CCC1)C2. The third kappa shape index (κ3) is 3.51. The zero-order chi connectivity index (χ0) is 16.4. The van der Waals surface area contributed by atoms with Gasteiger partial charge in [-0.2, -0.15) is 0 Å². The van der Waals surface area contributed by atoms with Gasteiger partial charge in [-0.15, -0.1) is 0 Å². The third-order valence-electron chi connectivity index (χ3n) is 6.50. The lowest BCUT2D eigenvalue weighted by atomic mass is 9.74. The summed E-state index contributed by atoms with van der Waals surface area (Å²) in [7, 11) is 2.33. The van der Waals surface area contributed by atoms with Gasteiger partial charge in [0.05, 0.1) is 6.61 Å². The minimum atomic E-state index is 0.437. The van der Waals surface area contributed by atoms with Gasteiger partial charge in [0.2, 0.25) is 0 Å². The highest BCUT2D eigenvalue weighted by Gasteiger charge is 2.49. The van der Waals surface area contributed by atoms with Crippen LogP contribution in [0.2, 0.25) is 0 Å². The van der Waals surface area contributed by atoms with Gasteiger partial charge >= 0.3 is 0 Å². The molecule has 0 amide bonds. The standard InChI is InChI=1S/C20H31N3O/c1-22-10-7-19(14-24-13-18-5-8-21-9-6-18)11-20(22)15-23(16-20)12-17-3-2-4-17/h5-6,8-9,17,19H,2-4,7,10-16H2,1H3/t19-/m0/s1. The number of hydrogen-bond acceptors (Lipinski definition) is 4. The van der Waals surface area contributed by atoms with E-state index in [1.807, 2.05) is 24.5 Å². The van der Waals surface area contributed by atoms with Crippen LogP contribution in [0, 0.1) is 11.8 Å². The maximum atomic E-state index is 6.01. The fraction of sp³-hybridized carbons (Fsp3) is 0.750. The normalized spacial score (nSPS) is 27.8. The van der Waals surface area contributed by atoms with Gasteiger partial charge in [-0.1, -0.05) is 6.42 Å². The van der Waals surface area contributed by atoms with Gasteiger partial charge in [0.1, 0.15) is 0 Å². The molecule has 24 heavy (non-hydrogen) atoms. The largest absolute Gasteiger partial charge is 0.376 e. The number of nitrogens with zero attached hydrogens (tertiary/aromatic N) is 3. The van der Waals surface area contributed by atoms with Crippen molar-refractivity contribution in [3.05, 3.63) is 30.1 Å². The molecule has 0 aromatic carbocycles. The Kier molecular flexibility index (Phi) is 4.88. The summed E-state index contributed by atoms with van der Waals surface area (Å²) in [5.41, 5.74) is 1.66. The molecule has 1 aromatic rings. The number of aromatic nitrogens is 1. The molecule has 132 valence electrons. The predicted molar refractivity (Wildman–Crippen MR) is 95.8 cm³/mol. The van der Waals surface area contributed by atoms with Gasteiger partial charge < -0.3 is 4.74 Å². The van der Waals surface area contributed by atoms with E-state index in [-0.39, 0.29) is 0 Å². The van der Waals surface area contributed by atoms with Crippen molar-refractivity contribution in [3.8, 4) is 0 Å². The summed E-state index contributed by atoms with van der Waals surface area (Å²) in [6.45, 7) is 6.75. The lowest BCUT2D eigenvalue weighted by molar-refractivity contribution is -0.0972. The van der Waals surface area contributed by atoms with E-state index in [2.05, 4.69) is 21.8 Å². The fourth-order valence-corrected chi connectivity index (χ4v) is 4.70. The number of hydrogen-bond donors (Lipinski definition) is 0. The summed E-state index contributed by atoms with van der Waals surface area (Å²) in [6.07, 6.45) is 10.6. The molecule has 1 spiro atoms. The molecule has 4 heteroatoms. The maximum Gasteiger partial charge on any atom is 0.0718 e. The molecule has 4 rings (SSSR count). The van der Waals surface area contributed by atoms with E-state index in [9.17, 15) is 0 Å². The second-order valence-corrected chi connectivity index (χ2v) is 8.34. The van der Waals surface area contributed by atoms with Gasteiger partial charge in [0.25, 0.3) is 0 Å². The first kappa shape index (κ1) is 16.5. The van der Waals surface area contributed by atoms with Crippen molar-refractivity contribution in [2.75, 3.05) is 39.8 Å². The van der Waals surface area contributed by atoms with Crippen molar-refractivity contribution in [3.63, 3.8) is 0 Å². The van der Waals surface area contributed by atoms with Crippen LogP contribution in [0.4, 0.5) is 0 Å². The lowest BCUT2D eigenvalue weighted by Gasteiger charge is -2.59. The van der Waals surface area contributed by atoms with Crippen molar-refractivity contribution in [1.29, 1.82) is 0 Å². The highest BCUT2D eigenvalue weighted by Crippen LogP contribution is 2.40. The van der Waals surface area contributed by atoms with Crippen LogP contribution in [-0.2, 0) is 11.3 Å². The van der Waals surface area contributed by atoms with Crippen LogP contribution in [0.15, 0.2) is 24.5 Å². The molecular weight excluding hydrogens is 298 g/mol.